The van der Waals surface area contributed by atoms with E-state index in [-0.39, 0.29) is 24.0 Å². The molecule has 1 heterocycles. The Morgan fingerprint density at radius 2 is 1.78 bits per heavy atom. The molecule has 0 radical (unpaired) electrons. The molecule has 0 bridgehead atoms. The van der Waals surface area contributed by atoms with Gasteiger partial charge in [0.2, 0.25) is 0 Å². The highest BCUT2D eigenvalue weighted by Crippen LogP contribution is 2.26. The fraction of sp³-hybridized carbons (Fsp3) is 0.588. The van der Waals surface area contributed by atoms with Crippen LogP contribution < -0.4 is 5.73 Å². The number of hydrogen-bond acceptors (Lipinski definition) is 2. The van der Waals surface area contributed by atoms with Gasteiger partial charge in [0, 0.05) is 17.6 Å². The number of benzene rings is 1. The van der Waals surface area contributed by atoms with Crippen molar-refractivity contribution in [3.8, 4) is 0 Å². The summed E-state index contributed by atoms with van der Waals surface area (Å²) in [6.45, 7) is 4.21. The van der Waals surface area contributed by atoms with Crippen LogP contribution in [0.2, 0.25) is 0 Å². The van der Waals surface area contributed by atoms with E-state index in [1.165, 1.54) is 25.7 Å². The van der Waals surface area contributed by atoms with E-state index in [1.54, 1.807) is 0 Å². The van der Waals surface area contributed by atoms with E-state index in [2.05, 4.69) is 25.8 Å². The van der Waals surface area contributed by atoms with Crippen molar-refractivity contribution < 1.29 is 5.11 Å². The summed E-state index contributed by atoms with van der Waals surface area (Å²) in [7, 11) is 0. The zero-order valence-corrected chi connectivity index (χ0v) is 17.6. The van der Waals surface area contributed by atoms with Gasteiger partial charge in [0.1, 0.15) is 5.60 Å². The number of hydrogen-bond donors (Lipinski definition) is 2. The number of aliphatic imine (C=N–C) groups is 1. The summed E-state index contributed by atoms with van der Waals surface area (Å²) in [5.41, 5.74) is 6.06. The third kappa shape index (κ3) is 5.90. The molecule has 4 nitrogen and oxygen atoms in total. The van der Waals surface area contributed by atoms with Gasteiger partial charge >= 0.3 is 0 Å². The Morgan fingerprint density at radius 1 is 1.22 bits per heavy atom. The zero-order valence-electron chi connectivity index (χ0n) is 13.7. The van der Waals surface area contributed by atoms with Gasteiger partial charge in [0.15, 0.2) is 5.96 Å². The third-order valence-corrected chi connectivity index (χ3v) is 4.93. The lowest BCUT2D eigenvalue weighted by Gasteiger charge is -2.27. The summed E-state index contributed by atoms with van der Waals surface area (Å²) in [4.78, 5) is 6.63. The molecule has 1 fully saturated rings. The fourth-order valence-corrected chi connectivity index (χ4v) is 3.04. The van der Waals surface area contributed by atoms with Gasteiger partial charge in [-0.3, -0.25) is 0 Å². The standard InChI is InChI=1S/C17H26BrN3O.HI/c1-2-17(22,14-7-9-15(18)10-8-14)13-20-16(19)21-11-5-3-4-6-12-21;/h7-10,22H,2-6,11-13H2,1H3,(H2,19,20);1H. The van der Waals surface area contributed by atoms with Crippen molar-refractivity contribution in [3.05, 3.63) is 34.3 Å². The topological polar surface area (TPSA) is 61.9 Å². The Morgan fingerprint density at radius 3 is 2.30 bits per heavy atom. The Labute approximate surface area is 164 Å². The highest BCUT2D eigenvalue weighted by Gasteiger charge is 2.27. The summed E-state index contributed by atoms with van der Waals surface area (Å²) in [6.07, 6.45) is 5.47. The van der Waals surface area contributed by atoms with Gasteiger partial charge in [-0.1, -0.05) is 47.8 Å². The van der Waals surface area contributed by atoms with Crippen LogP contribution in [0.1, 0.15) is 44.6 Å². The van der Waals surface area contributed by atoms with Crippen LogP contribution in [-0.4, -0.2) is 35.6 Å². The van der Waals surface area contributed by atoms with Gasteiger partial charge in [-0.05, 0) is 37.0 Å². The molecule has 0 amide bonds. The molecule has 130 valence electrons. The van der Waals surface area contributed by atoms with Crippen LogP contribution in [0.4, 0.5) is 0 Å². The quantitative estimate of drug-likeness (QED) is 0.379. The van der Waals surface area contributed by atoms with E-state index in [0.717, 1.165) is 23.1 Å². The summed E-state index contributed by atoms with van der Waals surface area (Å²) in [5.74, 6) is 0.561. The molecule has 0 saturated carbocycles. The van der Waals surface area contributed by atoms with Crippen LogP contribution in [0.15, 0.2) is 33.7 Å². The van der Waals surface area contributed by atoms with Crippen molar-refractivity contribution in [2.24, 2.45) is 10.7 Å². The first-order valence-corrected chi connectivity index (χ1v) is 8.88. The number of aliphatic hydroxyl groups is 1. The lowest BCUT2D eigenvalue weighted by Crippen LogP contribution is -2.39. The third-order valence-electron chi connectivity index (χ3n) is 4.40. The van der Waals surface area contributed by atoms with Crippen molar-refractivity contribution in [1.82, 2.24) is 4.90 Å². The van der Waals surface area contributed by atoms with Gasteiger partial charge in [0.05, 0.1) is 6.54 Å². The number of rotatable bonds is 4. The van der Waals surface area contributed by atoms with Crippen LogP contribution >= 0.6 is 39.9 Å². The second-order valence-electron chi connectivity index (χ2n) is 5.97. The maximum atomic E-state index is 10.9. The first-order valence-electron chi connectivity index (χ1n) is 8.08. The number of nitrogens with two attached hydrogens (primary N) is 1. The molecular weight excluding hydrogens is 469 g/mol. The molecule has 1 atom stereocenters. The van der Waals surface area contributed by atoms with E-state index >= 15 is 0 Å². The molecule has 1 unspecified atom stereocenters. The minimum absolute atomic E-state index is 0. The predicted molar refractivity (Wildman–Crippen MR) is 110 cm³/mol. The zero-order chi connectivity index (χ0) is 16.0. The summed E-state index contributed by atoms with van der Waals surface area (Å²) in [6, 6.07) is 7.76. The minimum Gasteiger partial charge on any atom is -0.383 e. The van der Waals surface area contributed by atoms with E-state index in [9.17, 15) is 5.11 Å². The molecule has 2 rings (SSSR count). The smallest absolute Gasteiger partial charge is 0.191 e. The SMILES string of the molecule is CCC(O)(CN=C(N)N1CCCCCC1)c1ccc(Br)cc1.I. The summed E-state index contributed by atoms with van der Waals surface area (Å²) < 4.78 is 1.00. The van der Waals surface area contributed by atoms with Gasteiger partial charge in [-0.15, -0.1) is 24.0 Å². The van der Waals surface area contributed by atoms with E-state index < -0.39 is 5.60 Å². The van der Waals surface area contributed by atoms with E-state index in [1.807, 2.05) is 31.2 Å². The molecule has 0 spiro atoms. The Hall–Kier alpha value is -0.340. The van der Waals surface area contributed by atoms with Gasteiger partial charge in [-0.25, -0.2) is 4.99 Å². The molecule has 1 aliphatic rings. The van der Waals surface area contributed by atoms with Crippen LogP contribution in [0.5, 0.6) is 0 Å². The van der Waals surface area contributed by atoms with Crippen LogP contribution in [0.25, 0.3) is 0 Å². The van der Waals surface area contributed by atoms with Gasteiger partial charge in [-0.2, -0.15) is 0 Å². The lowest BCUT2D eigenvalue weighted by atomic mass is 9.91. The molecule has 0 aromatic heterocycles. The average molecular weight is 496 g/mol. The second kappa shape index (κ2) is 9.84. The molecule has 23 heavy (non-hydrogen) atoms. The van der Waals surface area contributed by atoms with Crippen molar-refractivity contribution in [3.63, 3.8) is 0 Å². The van der Waals surface area contributed by atoms with Crippen molar-refractivity contribution in [2.75, 3.05) is 19.6 Å². The molecular formula is C17H27BrIN3O. The maximum absolute atomic E-state index is 10.9. The highest BCUT2D eigenvalue weighted by atomic mass is 127. The second-order valence-corrected chi connectivity index (χ2v) is 6.88. The molecule has 1 aromatic carbocycles. The average Bonchev–Trinajstić information content (AvgIpc) is 2.82. The Bertz CT molecular complexity index is 501. The fourth-order valence-electron chi connectivity index (χ4n) is 2.78. The monoisotopic (exact) mass is 495 g/mol. The molecule has 6 heteroatoms. The van der Waals surface area contributed by atoms with Crippen molar-refractivity contribution in [2.45, 2.75) is 44.6 Å². The van der Waals surface area contributed by atoms with E-state index in [4.69, 9.17) is 5.73 Å². The maximum Gasteiger partial charge on any atom is 0.191 e. The van der Waals surface area contributed by atoms with Gasteiger partial charge < -0.3 is 15.7 Å². The first kappa shape index (κ1) is 20.7. The molecule has 1 aliphatic heterocycles. The minimum atomic E-state index is -0.961. The first-order chi connectivity index (χ1) is 10.5. The number of halogens is 2. The Balaban J connectivity index is 0.00000264. The van der Waals surface area contributed by atoms with Gasteiger partial charge in [0.25, 0.3) is 0 Å². The van der Waals surface area contributed by atoms with E-state index in [0.29, 0.717) is 18.9 Å². The summed E-state index contributed by atoms with van der Waals surface area (Å²) >= 11 is 3.42. The Kier molecular flexibility index (Phi) is 8.85. The van der Waals surface area contributed by atoms with Crippen LogP contribution in [0.3, 0.4) is 0 Å². The molecule has 3 N–H and O–H groups in total. The van der Waals surface area contributed by atoms with Crippen molar-refractivity contribution >= 4 is 45.9 Å². The lowest BCUT2D eigenvalue weighted by molar-refractivity contribution is 0.0421. The number of nitrogens with zero attached hydrogens (tertiary/aromatic N) is 2. The molecule has 1 saturated heterocycles. The van der Waals surface area contributed by atoms with Crippen molar-refractivity contribution in [1.29, 1.82) is 0 Å². The summed E-state index contributed by atoms with van der Waals surface area (Å²) in [5, 5.41) is 10.9. The highest BCUT2D eigenvalue weighted by molar-refractivity contribution is 14.0. The number of likely N-dealkylation sites (tertiary alicyclic amines) is 1. The normalized spacial score (nSPS) is 18.7. The molecule has 0 aliphatic carbocycles. The largest absolute Gasteiger partial charge is 0.383 e. The number of guanidine groups is 1. The predicted octanol–water partition coefficient (Wildman–Crippen LogP) is 3.86. The molecule has 1 aromatic rings. The van der Waals surface area contributed by atoms with Crippen LogP contribution in [-0.2, 0) is 5.60 Å². The van der Waals surface area contributed by atoms with Crippen LogP contribution in [0, 0.1) is 0 Å².